The molecule has 2 nitrogen and oxygen atoms in total. The number of hydrogen-bond acceptors (Lipinski definition) is 2. The van der Waals surface area contributed by atoms with E-state index in [1.54, 1.807) is 0 Å². The molecule has 96 valence electrons. The average Bonchev–Trinajstić information content (AvgIpc) is 2.91. The predicted molar refractivity (Wildman–Crippen MR) is 69.8 cm³/mol. The summed E-state index contributed by atoms with van der Waals surface area (Å²) in [4.78, 5) is 0. The molecule has 2 bridgehead atoms. The van der Waals surface area contributed by atoms with Crippen LogP contribution in [0, 0.1) is 11.8 Å². The lowest BCUT2D eigenvalue weighted by Crippen LogP contribution is -2.45. The predicted octanol–water partition coefficient (Wildman–Crippen LogP) is 3.71. The van der Waals surface area contributed by atoms with Crippen LogP contribution in [0.1, 0.15) is 43.8 Å². The van der Waals surface area contributed by atoms with Gasteiger partial charge in [-0.05, 0) is 55.7 Å². The van der Waals surface area contributed by atoms with Crippen LogP contribution in [0.4, 0.5) is 0 Å². The van der Waals surface area contributed by atoms with Crippen molar-refractivity contribution >= 4 is 11.6 Å². The fourth-order valence-corrected chi connectivity index (χ4v) is 4.52. The number of halogens is 1. The minimum absolute atomic E-state index is 0.0941. The Morgan fingerprint density at radius 3 is 2.89 bits per heavy atom. The molecule has 4 atom stereocenters. The van der Waals surface area contributed by atoms with E-state index in [1.807, 2.05) is 18.2 Å². The van der Waals surface area contributed by atoms with Gasteiger partial charge in [0.15, 0.2) is 0 Å². The van der Waals surface area contributed by atoms with E-state index in [0.29, 0.717) is 10.9 Å². The Labute approximate surface area is 112 Å². The molecule has 1 spiro atoms. The summed E-state index contributed by atoms with van der Waals surface area (Å²) in [6, 6.07) is 5.59. The normalized spacial score (nSPS) is 40.9. The van der Waals surface area contributed by atoms with Crippen molar-refractivity contribution in [2.75, 3.05) is 0 Å². The number of fused-ring (bicyclic) bond motifs is 4. The maximum atomic E-state index is 10.4. The molecule has 1 aromatic carbocycles. The van der Waals surface area contributed by atoms with Crippen LogP contribution in [0.3, 0.4) is 0 Å². The van der Waals surface area contributed by atoms with Gasteiger partial charge in [0.1, 0.15) is 11.4 Å². The van der Waals surface area contributed by atoms with Crippen LogP contribution in [0.2, 0.25) is 5.02 Å². The quantitative estimate of drug-likeness (QED) is 0.774. The smallest absolute Gasteiger partial charge is 0.126 e. The lowest BCUT2D eigenvalue weighted by atomic mass is 9.77. The van der Waals surface area contributed by atoms with Crippen molar-refractivity contribution in [2.45, 2.75) is 43.8 Å². The summed E-state index contributed by atoms with van der Waals surface area (Å²) in [6.07, 6.45) is 5.33. The van der Waals surface area contributed by atoms with Crippen LogP contribution in [-0.4, -0.2) is 10.7 Å². The van der Waals surface area contributed by atoms with Gasteiger partial charge < -0.3 is 9.84 Å². The van der Waals surface area contributed by atoms with Crippen LogP contribution < -0.4 is 4.74 Å². The summed E-state index contributed by atoms with van der Waals surface area (Å²) in [6.45, 7) is 0. The highest BCUT2D eigenvalue weighted by atomic mass is 35.5. The molecule has 1 aliphatic heterocycles. The maximum absolute atomic E-state index is 10.4. The summed E-state index contributed by atoms with van der Waals surface area (Å²) < 4.78 is 6.32. The monoisotopic (exact) mass is 264 g/mol. The van der Waals surface area contributed by atoms with E-state index in [4.69, 9.17) is 16.3 Å². The fraction of sp³-hybridized carbons (Fsp3) is 0.600. The molecule has 4 rings (SSSR count). The van der Waals surface area contributed by atoms with Gasteiger partial charge in [-0.15, -0.1) is 0 Å². The molecule has 0 radical (unpaired) electrons. The van der Waals surface area contributed by atoms with Gasteiger partial charge in [0.05, 0.1) is 6.10 Å². The first kappa shape index (κ1) is 11.1. The van der Waals surface area contributed by atoms with Crippen LogP contribution in [0.25, 0.3) is 0 Å². The van der Waals surface area contributed by atoms with Gasteiger partial charge in [-0.1, -0.05) is 11.6 Å². The summed E-state index contributed by atoms with van der Waals surface area (Å²) >= 11 is 5.99. The molecule has 3 unspecified atom stereocenters. The second-order valence-corrected chi connectivity index (χ2v) is 6.59. The van der Waals surface area contributed by atoms with Gasteiger partial charge in [0.2, 0.25) is 0 Å². The third-order valence-electron chi connectivity index (χ3n) is 5.10. The zero-order valence-corrected chi connectivity index (χ0v) is 11.0. The molecule has 1 N–H and O–H groups in total. The number of rotatable bonds is 0. The zero-order valence-electron chi connectivity index (χ0n) is 10.2. The molecule has 2 fully saturated rings. The summed E-state index contributed by atoms with van der Waals surface area (Å²) in [5, 5.41) is 11.1. The molecule has 2 aliphatic carbocycles. The SMILES string of the molecule is O[C@@H]1CC2(CC3CCC2C3)Oc2ccc(Cl)cc21. The largest absolute Gasteiger partial charge is 0.486 e. The molecule has 18 heavy (non-hydrogen) atoms. The number of aliphatic hydroxyl groups excluding tert-OH is 1. The van der Waals surface area contributed by atoms with E-state index in [2.05, 4.69) is 0 Å². The first-order valence-electron chi connectivity index (χ1n) is 6.83. The minimum Gasteiger partial charge on any atom is -0.486 e. The standard InChI is InChI=1S/C15H17ClO2/c16-11-3-4-14-12(6-11)13(17)8-15(18-14)7-9-1-2-10(15)5-9/h3-4,6,9-10,13,17H,1-2,5,7-8H2/t9?,10?,13-,15?/m1/s1. The van der Waals surface area contributed by atoms with E-state index in [0.717, 1.165) is 30.1 Å². The van der Waals surface area contributed by atoms with Crippen molar-refractivity contribution < 1.29 is 9.84 Å². The Kier molecular flexibility index (Phi) is 2.25. The molecule has 2 saturated carbocycles. The average molecular weight is 265 g/mol. The highest BCUT2D eigenvalue weighted by molar-refractivity contribution is 6.30. The van der Waals surface area contributed by atoms with Gasteiger partial charge in [-0.2, -0.15) is 0 Å². The second-order valence-electron chi connectivity index (χ2n) is 6.15. The Bertz CT molecular complexity index is 501. The number of aliphatic hydroxyl groups is 1. The summed E-state index contributed by atoms with van der Waals surface area (Å²) in [5.74, 6) is 2.29. The van der Waals surface area contributed by atoms with Gasteiger partial charge in [-0.3, -0.25) is 0 Å². The molecule has 0 amide bonds. The van der Waals surface area contributed by atoms with Gasteiger partial charge in [-0.25, -0.2) is 0 Å². The fourth-order valence-electron chi connectivity index (χ4n) is 4.34. The lowest BCUT2D eigenvalue weighted by molar-refractivity contribution is -0.0509. The Hall–Kier alpha value is -0.730. The topological polar surface area (TPSA) is 29.5 Å². The van der Waals surface area contributed by atoms with E-state index < -0.39 is 6.10 Å². The third kappa shape index (κ3) is 1.45. The minimum atomic E-state index is -0.424. The van der Waals surface area contributed by atoms with Crippen LogP contribution in [0.15, 0.2) is 18.2 Å². The van der Waals surface area contributed by atoms with Crippen molar-refractivity contribution in [1.29, 1.82) is 0 Å². The van der Waals surface area contributed by atoms with Crippen molar-refractivity contribution in [3.63, 3.8) is 0 Å². The van der Waals surface area contributed by atoms with Gasteiger partial charge in [0, 0.05) is 17.0 Å². The van der Waals surface area contributed by atoms with Crippen LogP contribution in [-0.2, 0) is 0 Å². The molecular formula is C15H17ClO2. The van der Waals surface area contributed by atoms with Crippen LogP contribution in [0.5, 0.6) is 5.75 Å². The Balaban J connectivity index is 1.74. The van der Waals surface area contributed by atoms with Crippen molar-refractivity contribution in [3.05, 3.63) is 28.8 Å². The third-order valence-corrected chi connectivity index (χ3v) is 5.34. The number of benzene rings is 1. The summed E-state index contributed by atoms with van der Waals surface area (Å²) in [7, 11) is 0. The van der Waals surface area contributed by atoms with Crippen molar-refractivity contribution in [3.8, 4) is 5.75 Å². The second kappa shape index (κ2) is 3.64. The van der Waals surface area contributed by atoms with E-state index in [9.17, 15) is 5.11 Å². The Morgan fingerprint density at radius 1 is 1.28 bits per heavy atom. The molecule has 3 aliphatic rings. The first-order valence-corrected chi connectivity index (χ1v) is 7.21. The highest BCUT2D eigenvalue weighted by Crippen LogP contribution is 2.58. The van der Waals surface area contributed by atoms with Gasteiger partial charge >= 0.3 is 0 Å². The number of ether oxygens (including phenoxy) is 1. The molecule has 0 saturated heterocycles. The van der Waals surface area contributed by atoms with Crippen molar-refractivity contribution in [2.24, 2.45) is 11.8 Å². The Morgan fingerprint density at radius 2 is 2.17 bits per heavy atom. The van der Waals surface area contributed by atoms with E-state index in [-0.39, 0.29) is 5.60 Å². The zero-order chi connectivity index (χ0) is 12.3. The van der Waals surface area contributed by atoms with Crippen LogP contribution >= 0.6 is 11.6 Å². The van der Waals surface area contributed by atoms with Crippen molar-refractivity contribution in [1.82, 2.24) is 0 Å². The molecular weight excluding hydrogens is 248 g/mol. The molecule has 1 aromatic rings. The molecule has 0 aromatic heterocycles. The number of hydrogen-bond donors (Lipinski definition) is 1. The molecule has 1 heterocycles. The van der Waals surface area contributed by atoms with E-state index in [1.165, 1.54) is 19.3 Å². The highest BCUT2D eigenvalue weighted by Gasteiger charge is 2.55. The lowest BCUT2D eigenvalue weighted by Gasteiger charge is -2.43. The van der Waals surface area contributed by atoms with E-state index >= 15 is 0 Å². The molecule has 3 heteroatoms. The summed E-state index contributed by atoms with van der Waals surface area (Å²) in [5.41, 5.74) is 0.763. The maximum Gasteiger partial charge on any atom is 0.126 e. The van der Waals surface area contributed by atoms with Gasteiger partial charge in [0.25, 0.3) is 0 Å². The first-order chi connectivity index (χ1) is 8.66.